The van der Waals surface area contributed by atoms with Crippen molar-refractivity contribution in [1.29, 1.82) is 0 Å². The van der Waals surface area contributed by atoms with Gasteiger partial charge in [0, 0.05) is 26.1 Å². The SMILES string of the molecule is O=C(CCn1cnc2ccccc2c1=O)N1CCC(C2CCC2)CC1. The fourth-order valence-electron chi connectivity index (χ4n) is 4.17. The van der Waals surface area contributed by atoms with Crippen molar-refractivity contribution < 1.29 is 4.79 Å². The first kappa shape index (κ1) is 16.3. The molecule has 2 fully saturated rings. The zero-order valence-electron chi connectivity index (χ0n) is 14.6. The van der Waals surface area contributed by atoms with Gasteiger partial charge in [-0.15, -0.1) is 0 Å². The molecule has 132 valence electrons. The summed E-state index contributed by atoms with van der Waals surface area (Å²) in [5, 5.41) is 0.610. The van der Waals surface area contributed by atoms with Gasteiger partial charge in [-0.05, 0) is 36.8 Å². The Kier molecular flexibility index (Phi) is 4.55. The largest absolute Gasteiger partial charge is 0.343 e. The van der Waals surface area contributed by atoms with Crippen LogP contribution >= 0.6 is 0 Å². The van der Waals surface area contributed by atoms with Crippen molar-refractivity contribution in [3.05, 3.63) is 40.9 Å². The lowest BCUT2D eigenvalue weighted by molar-refractivity contribution is -0.133. The number of carbonyl (C=O) groups excluding carboxylic acids is 1. The summed E-state index contributed by atoms with van der Waals surface area (Å²) in [6, 6.07) is 7.33. The molecule has 1 aliphatic heterocycles. The summed E-state index contributed by atoms with van der Waals surface area (Å²) in [6.45, 7) is 2.16. The molecule has 4 rings (SSSR count). The van der Waals surface area contributed by atoms with Crippen LogP contribution < -0.4 is 5.56 Å². The van der Waals surface area contributed by atoms with Crippen LogP contribution in [0.25, 0.3) is 10.9 Å². The quantitative estimate of drug-likeness (QED) is 0.861. The zero-order chi connectivity index (χ0) is 17.2. The fourth-order valence-corrected chi connectivity index (χ4v) is 4.17. The van der Waals surface area contributed by atoms with Gasteiger partial charge >= 0.3 is 0 Å². The summed E-state index contributed by atoms with van der Waals surface area (Å²) in [5.41, 5.74) is 0.634. The molecule has 1 aromatic heterocycles. The highest BCUT2D eigenvalue weighted by atomic mass is 16.2. The maximum Gasteiger partial charge on any atom is 0.261 e. The van der Waals surface area contributed by atoms with Gasteiger partial charge < -0.3 is 4.90 Å². The lowest BCUT2D eigenvalue weighted by Gasteiger charge is -2.39. The number of nitrogens with zero attached hydrogens (tertiary/aromatic N) is 3. The van der Waals surface area contributed by atoms with Gasteiger partial charge in [-0.3, -0.25) is 14.2 Å². The molecule has 0 unspecified atom stereocenters. The van der Waals surface area contributed by atoms with E-state index in [0.717, 1.165) is 37.8 Å². The Labute approximate surface area is 147 Å². The summed E-state index contributed by atoms with van der Waals surface area (Å²) in [6.07, 6.45) is 8.38. The first-order chi connectivity index (χ1) is 12.2. The number of aryl methyl sites for hydroxylation is 1. The van der Waals surface area contributed by atoms with E-state index in [2.05, 4.69) is 4.98 Å². The minimum absolute atomic E-state index is 0.0675. The average Bonchev–Trinajstić information content (AvgIpc) is 2.60. The van der Waals surface area contributed by atoms with Crippen LogP contribution in [0.1, 0.15) is 38.5 Å². The molecule has 25 heavy (non-hydrogen) atoms. The van der Waals surface area contributed by atoms with Crippen molar-refractivity contribution in [3.63, 3.8) is 0 Å². The van der Waals surface area contributed by atoms with Crippen molar-refractivity contribution in [2.75, 3.05) is 13.1 Å². The van der Waals surface area contributed by atoms with Crippen LogP contribution in [0.4, 0.5) is 0 Å². The van der Waals surface area contributed by atoms with E-state index < -0.39 is 0 Å². The third-order valence-electron chi connectivity index (χ3n) is 6.01. The van der Waals surface area contributed by atoms with E-state index >= 15 is 0 Å². The first-order valence-corrected chi connectivity index (χ1v) is 9.44. The molecule has 0 spiro atoms. The van der Waals surface area contributed by atoms with Crippen LogP contribution in [0.2, 0.25) is 0 Å². The van der Waals surface area contributed by atoms with Crippen molar-refractivity contribution in [2.45, 2.75) is 45.1 Å². The van der Waals surface area contributed by atoms with Crippen LogP contribution in [0, 0.1) is 11.8 Å². The van der Waals surface area contributed by atoms with E-state index in [1.54, 1.807) is 17.0 Å². The molecular weight excluding hydrogens is 314 g/mol. The molecule has 0 radical (unpaired) electrons. The number of carbonyl (C=O) groups is 1. The number of aromatic nitrogens is 2. The lowest BCUT2D eigenvalue weighted by Crippen LogP contribution is -2.41. The molecule has 5 nitrogen and oxygen atoms in total. The molecule has 0 bridgehead atoms. The monoisotopic (exact) mass is 339 g/mol. The molecule has 1 saturated heterocycles. The van der Waals surface area contributed by atoms with Gasteiger partial charge in [0.15, 0.2) is 0 Å². The Balaban J connectivity index is 1.34. The Hall–Kier alpha value is -2.17. The van der Waals surface area contributed by atoms with E-state index in [1.165, 1.54) is 19.3 Å². The third kappa shape index (κ3) is 3.32. The summed E-state index contributed by atoms with van der Waals surface area (Å²) < 4.78 is 1.56. The molecule has 2 aliphatic rings. The molecule has 1 aromatic carbocycles. The van der Waals surface area contributed by atoms with E-state index in [4.69, 9.17) is 0 Å². The highest BCUT2D eigenvalue weighted by Gasteiger charge is 2.31. The number of amides is 1. The molecule has 1 aliphatic carbocycles. The summed E-state index contributed by atoms with van der Waals surface area (Å²) in [4.78, 5) is 31.3. The minimum Gasteiger partial charge on any atom is -0.343 e. The summed E-state index contributed by atoms with van der Waals surface area (Å²) >= 11 is 0. The second-order valence-electron chi connectivity index (χ2n) is 7.42. The van der Waals surface area contributed by atoms with Gasteiger partial charge in [0.1, 0.15) is 0 Å². The van der Waals surface area contributed by atoms with Crippen LogP contribution in [-0.4, -0.2) is 33.4 Å². The van der Waals surface area contributed by atoms with Gasteiger partial charge in [-0.2, -0.15) is 0 Å². The smallest absolute Gasteiger partial charge is 0.261 e. The molecule has 1 amide bonds. The normalized spacial score (nSPS) is 19.1. The van der Waals surface area contributed by atoms with Crippen molar-refractivity contribution in [2.24, 2.45) is 11.8 Å². The van der Waals surface area contributed by atoms with E-state index in [0.29, 0.717) is 23.9 Å². The number of benzene rings is 1. The second-order valence-corrected chi connectivity index (χ2v) is 7.42. The molecule has 0 N–H and O–H groups in total. The highest BCUT2D eigenvalue weighted by molar-refractivity contribution is 5.77. The van der Waals surface area contributed by atoms with Gasteiger partial charge in [-0.25, -0.2) is 4.98 Å². The first-order valence-electron chi connectivity index (χ1n) is 9.44. The molecule has 2 heterocycles. The molecule has 5 heteroatoms. The average molecular weight is 339 g/mol. The lowest BCUT2D eigenvalue weighted by atomic mass is 9.72. The van der Waals surface area contributed by atoms with Crippen LogP contribution in [0.15, 0.2) is 35.4 Å². The van der Waals surface area contributed by atoms with Crippen molar-refractivity contribution >= 4 is 16.8 Å². The number of likely N-dealkylation sites (tertiary alicyclic amines) is 1. The van der Waals surface area contributed by atoms with Gasteiger partial charge in [0.2, 0.25) is 5.91 Å². The number of fused-ring (bicyclic) bond motifs is 1. The van der Waals surface area contributed by atoms with Gasteiger partial charge in [-0.1, -0.05) is 31.4 Å². The van der Waals surface area contributed by atoms with E-state index in [-0.39, 0.29) is 11.5 Å². The topological polar surface area (TPSA) is 55.2 Å². The van der Waals surface area contributed by atoms with Gasteiger partial charge in [0.05, 0.1) is 17.2 Å². The molecule has 0 atom stereocenters. The van der Waals surface area contributed by atoms with Crippen molar-refractivity contribution in [1.82, 2.24) is 14.5 Å². The zero-order valence-corrected chi connectivity index (χ0v) is 14.6. The Morgan fingerprint density at radius 1 is 1.08 bits per heavy atom. The maximum atomic E-state index is 12.5. The highest BCUT2D eigenvalue weighted by Crippen LogP contribution is 2.38. The van der Waals surface area contributed by atoms with Crippen LogP contribution in [-0.2, 0) is 11.3 Å². The maximum absolute atomic E-state index is 12.5. The third-order valence-corrected chi connectivity index (χ3v) is 6.01. The summed E-state index contributed by atoms with van der Waals surface area (Å²) in [7, 11) is 0. The predicted molar refractivity (Wildman–Crippen MR) is 97.3 cm³/mol. The van der Waals surface area contributed by atoms with Crippen LogP contribution in [0.5, 0.6) is 0 Å². The molecule has 2 aromatic rings. The van der Waals surface area contributed by atoms with E-state index in [1.807, 2.05) is 23.1 Å². The standard InChI is InChI=1S/C20H25N3O2/c24-19(22-11-8-16(9-12-22)15-4-3-5-15)10-13-23-14-21-18-7-2-1-6-17(18)20(23)25/h1-2,6-7,14-16H,3-5,8-13H2. The second kappa shape index (κ2) is 6.98. The summed E-state index contributed by atoms with van der Waals surface area (Å²) in [5.74, 6) is 1.90. The van der Waals surface area contributed by atoms with E-state index in [9.17, 15) is 9.59 Å². The Bertz CT molecular complexity index is 817. The van der Waals surface area contributed by atoms with Gasteiger partial charge in [0.25, 0.3) is 5.56 Å². The Morgan fingerprint density at radius 3 is 2.52 bits per heavy atom. The Morgan fingerprint density at radius 2 is 1.80 bits per heavy atom. The number of para-hydroxylation sites is 1. The number of hydrogen-bond acceptors (Lipinski definition) is 3. The number of hydrogen-bond donors (Lipinski definition) is 0. The molecule has 1 saturated carbocycles. The molecular formula is C20H25N3O2. The number of piperidine rings is 1. The predicted octanol–water partition coefficient (Wildman–Crippen LogP) is 2.83. The van der Waals surface area contributed by atoms with Crippen molar-refractivity contribution in [3.8, 4) is 0 Å². The number of rotatable bonds is 4. The minimum atomic E-state index is -0.0675. The fraction of sp³-hybridized carbons (Fsp3) is 0.550. The van der Waals surface area contributed by atoms with Crippen LogP contribution in [0.3, 0.4) is 0 Å².